The van der Waals surface area contributed by atoms with E-state index in [2.05, 4.69) is 17.4 Å². The summed E-state index contributed by atoms with van der Waals surface area (Å²) in [5, 5.41) is 3.03. The van der Waals surface area contributed by atoms with Gasteiger partial charge in [-0.05, 0) is 31.2 Å². The number of hydrogen-bond acceptors (Lipinski definition) is 2. The first-order valence-corrected chi connectivity index (χ1v) is 5.79. The Morgan fingerprint density at radius 2 is 2.00 bits per heavy atom. The Balaban J connectivity index is 2.09. The van der Waals surface area contributed by atoms with Crippen molar-refractivity contribution < 1.29 is 4.79 Å². The monoisotopic (exact) mass is 218 g/mol. The second kappa shape index (κ2) is 4.66. The molecule has 0 radical (unpaired) electrons. The van der Waals surface area contributed by atoms with Crippen LogP contribution in [-0.2, 0) is 4.79 Å². The van der Waals surface area contributed by atoms with Gasteiger partial charge in [0, 0.05) is 0 Å². The smallest absolute Gasteiger partial charge is 0.237 e. The van der Waals surface area contributed by atoms with Crippen molar-refractivity contribution in [1.29, 1.82) is 0 Å². The van der Waals surface area contributed by atoms with Crippen molar-refractivity contribution in [1.82, 2.24) is 5.32 Å². The van der Waals surface area contributed by atoms with Crippen LogP contribution in [0, 0.1) is 5.92 Å². The summed E-state index contributed by atoms with van der Waals surface area (Å²) in [4.78, 5) is 11.6. The maximum absolute atomic E-state index is 11.6. The number of amides is 1. The van der Waals surface area contributed by atoms with Crippen molar-refractivity contribution in [3.63, 3.8) is 0 Å². The molecule has 2 rings (SSSR count). The van der Waals surface area contributed by atoms with E-state index in [4.69, 9.17) is 5.73 Å². The number of carbonyl (C=O) groups excluding carboxylic acids is 1. The number of rotatable bonds is 4. The molecule has 0 heterocycles. The maximum Gasteiger partial charge on any atom is 0.237 e. The lowest BCUT2D eigenvalue weighted by atomic mass is 10.0. The van der Waals surface area contributed by atoms with Gasteiger partial charge >= 0.3 is 0 Å². The number of nitrogens with two attached hydrogens (primary N) is 1. The number of hydrogen-bond donors (Lipinski definition) is 2. The molecule has 1 aliphatic rings. The highest BCUT2D eigenvalue weighted by Gasteiger charge is 2.33. The molecule has 1 aromatic rings. The van der Waals surface area contributed by atoms with Crippen LogP contribution in [0.15, 0.2) is 30.3 Å². The third kappa shape index (κ3) is 2.61. The number of benzene rings is 1. The van der Waals surface area contributed by atoms with Crippen molar-refractivity contribution in [2.24, 2.45) is 11.7 Å². The predicted octanol–water partition coefficient (Wildman–Crippen LogP) is 1.60. The van der Waals surface area contributed by atoms with E-state index < -0.39 is 6.04 Å². The van der Waals surface area contributed by atoms with E-state index >= 15 is 0 Å². The van der Waals surface area contributed by atoms with Crippen molar-refractivity contribution in [3.05, 3.63) is 35.9 Å². The Hall–Kier alpha value is -1.35. The molecule has 86 valence electrons. The lowest BCUT2D eigenvalue weighted by Gasteiger charge is -2.20. The second-order valence-corrected chi connectivity index (χ2v) is 4.52. The average Bonchev–Trinajstić information content (AvgIpc) is 3.10. The molecule has 1 amide bonds. The molecule has 3 heteroatoms. The molecule has 16 heavy (non-hydrogen) atoms. The van der Waals surface area contributed by atoms with E-state index in [1.807, 2.05) is 18.2 Å². The molecular weight excluding hydrogens is 200 g/mol. The molecule has 0 bridgehead atoms. The number of nitrogens with one attached hydrogen (secondary N) is 1. The van der Waals surface area contributed by atoms with Gasteiger partial charge in [0.25, 0.3) is 0 Å². The Morgan fingerprint density at radius 3 is 2.50 bits per heavy atom. The normalized spacial score (nSPS) is 18.9. The van der Waals surface area contributed by atoms with Crippen molar-refractivity contribution in [2.75, 3.05) is 0 Å². The summed E-state index contributed by atoms with van der Waals surface area (Å²) in [7, 11) is 0. The van der Waals surface area contributed by atoms with Gasteiger partial charge in [-0.2, -0.15) is 0 Å². The van der Waals surface area contributed by atoms with Gasteiger partial charge in [-0.25, -0.2) is 0 Å². The van der Waals surface area contributed by atoms with E-state index in [1.165, 1.54) is 18.4 Å². The van der Waals surface area contributed by atoms with Gasteiger partial charge in [-0.3, -0.25) is 4.79 Å². The molecule has 0 aromatic heterocycles. The third-order valence-electron chi connectivity index (χ3n) is 2.96. The Kier molecular flexibility index (Phi) is 3.25. The lowest BCUT2D eigenvalue weighted by Crippen LogP contribution is -2.40. The minimum atomic E-state index is -0.440. The molecule has 1 saturated carbocycles. The summed E-state index contributed by atoms with van der Waals surface area (Å²) >= 11 is 0. The van der Waals surface area contributed by atoms with Gasteiger partial charge in [0.15, 0.2) is 0 Å². The highest BCUT2D eigenvalue weighted by atomic mass is 16.2. The summed E-state index contributed by atoms with van der Waals surface area (Å²) in [6.45, 7) is 1.71. The minimum Gasteiger partial charge on any atom is -0.348 e. The molecule has 1 aliphatic carbocycles. The fraction of sp³-hybridized carbons (Fsp3) is 0.462. The molecule has 3 nitrogen and oxygen atoms in total. The molecule has 0 spiro atoms. The second-order valence-electron chi connectivity index (χ2n) is 4.52. The first-order valence-electron chi connectivity index (χ1n) is 5.79. The van der Waals surface area contributed by atoms with Crippen LogP contribution in [0.25, 0.3) is 0 Å². The molecule has 1 fully saturated rings. The van der Waals surface area contributed by atoms with Crippen LogP contribution in [0.4, 0.5) is 0 Å². The van der Waals surface area contributed by atoms with Gasteiger partial charge in [0.2, 0.25) is 5.91 Å². The zero-order valence-corrected chi connectivity index (χ0v) is 9.52. The summed E-state index contributed by atoms with van der Waals surface area (Å²) in [6.07, 6.45) is 2.39. The van der Waals surface area contributed by atoms with E-state index in [-0.39, 0.29) is 11.9 Å². The van der Waals surface area contributed by atoms with E-state index in [0.29, 0.717) is 5.92 Å². The summed E-state index contributed by atoms with van der Waals surface area (Å²) in [6, 6.07) is 9.81. The molecule has 2 atom stereocenters. The molecule has 0 aliphatic heterocycles. The summed E-state index contributed by atoms with van der Waals surface area (Å²) < 4.78 is 0. The topological polar surface area (TPSA) is 55.1 Å². The predicted molar refractivity (Wildman–Crippen MR) is 63.7 cm³/mol. The SMILES string of the molecule is C[C@@H](N)C(=O)NC(c1ccccc1)C1CC1. The zero-order valence-electron chi connectivity index (χ0n) is 9.52. The van der Waals surface area contributed by atoms with Crippen LogP contribution in [-0.4, -0.2) is 11.9 Å². The van der Waals surface area contributed by atoms with Crippen LogP contribution >= 0.6 is 0 Å². The Bertz CT molecular complexity index is 357. The van der Waals surface area contributed by atoms with E-state index in [1.54, 1.807) is 6.92 Å². The summed E-state index contributed by atoms with van der Waals surface area (Å²) in [5.74, 6) is 0.519. The van der Waals surface area contributed by atoms with Crippen LogP contribution in [0.3, 0.4) is 0 Å². The van der Waals surface area contributed by atoms with Crippen LogP contribution in [0.1, 0.15) is 31.4 Å². The fourth-order valence-corrected chi connectivity index (χ4v) is 1.85. The first kappa shape index (κ1) is 11.1. The van der Waals surface area contributed by atoms with Crippen LogP contribution in [0.2, 0.25) is 0 Å². The first-order chi connectivity index (χ1) is 7.68. The molecule has 0 saturated heterocycles. The molecular formula is C13H18N2O. The largest absolute Gasteiger partial charge is 0.348 e. The summed E-state index contributed by atoms with van der Waals surface area (Å²) in [5.41, 5.74) is 6.75. The maximum atomic E-state index is 11.6. The Morgan fingerprint density at radius 1 is 1.38 bits per heavy atom. The van der Waals surface area contributed by atoms with E-state index in [0.717, 1.165) is 0 Å². The minimum absolute atomic E-state index is 0.0687. The number of carbonyl (C=O) groups is 1. The highest BCUT2D eigenvalue weighted by molar-refractivity contribution is 5.81. The van der Waals surface area contributed by atoms with Gasteiger partial charge in [0.1, 0.15) is 0 Å². The average molecular weight is 218 g/mol. The van der Waals surface area contributed by atoms with Crippen LogP contribution in [0.5, 0.6) is 0 Å². The molecule has 3 N–H and O–H groups in total. The van der Waals surface area contributed by atoms with Gasteiger partial charge in [-0.1, -0.05) is 30.3 Å². The quantitative estimate of drug-likeness (QED) is 0.806. The van der Waals surface area contributed by atoms with Gasteiger partial charge in [0.05, 0.1) is 12.1 Å². The molecule has 1 unspecified atom stereocenters. The zero-order chi connectivity index (χ0) is 11.5. The Labute approximate surface area is 96.0 Å². The molecule has 1 aromatic carbocycles. The third-order valence-corrected chi connectivity index (χ3v) is 2.96. The van der Waals surface area contributed by atoms with Gasteiger partial charge < -0.3 is 11.1 Å². The van der Waals surface area contributed by atoms with Crippen molar-refractivity contribution in [2.45, 2.75) is 31.8 Å². The van der Waals surface area contributed by atoms with Crippen molar-refractivity contribution in [3.8, 4) is 0 Å². The van der Waals surface area contributed by atoms with Crippen molar-refractivity contribution >= 4 is 5.91 Å². The fourth-order valence-electron chi connectivity index (χ4n) is 1.85. The lowest BCUT2D eigenvalue weighted by molar-refractivity contribution is -0.122. The standard InChI is InChI=1S/C13H18N2O/c1-9(14)13(16)15-12(11-7-8-11)10-5-3-2-4-6-10/h2-6,9,11-12H,7-8,14H2,1H3,(H,15,16)/t9-,12?/m1/s1. The highest BCUT2D eigenvalue weighted by Crippen LogP contribution is 2.40. The van der Waals surface area contributed by atoms with Crippen LogP contribution < -0.4 is 11.1 Å². The van der Waals surface area contributed by atoms with Gasteiger partial charge in [-0.15, -0.1) is 0 Å². The van der Waals surface area contributed by atoms with E-state index in [9.17, 15) is 4.79 Å².